The van der Waals surface area contributed by atoms with Gasteiger partial charge in [0.2, 0.25) is 0 Å². The van der Waals surface area contributed by atoms with Crippen molar-refractivity contribution in [2.45, 2.75) is 0 Å². The molecule has 20 heavy (non-hydrogen) atoms. The summed E-state index contributed by atoms with van der Waals surface area (Å²) in [5.41, 5.74) is 1.10. The molecular weight excluding hydrogens is 303 g/mol. The Hall–Kier alpha value is -2.24. The zero-order valence-electron chi connectivity index (χ0n) is 10.0. The van der Waals surface area contributed by atoms with E-state index in [4.69, 9.17) is 5.11 Å². The van der Waals surface area contributed by atoms with E-state index in [-0.39, 0.29) is 45.0 Å². The first kappa shape index (κ1) is 14.2. The molecule has 0 spiro atoms. The molecule has 101 valence electrons. The molecule has 0 bridgehead atoms. The van der Waals surface area contributed by atoms with Crippen LogP contribution in [0.5, 0.6) is 0 Å². The maximum atomic E-state index is 12.3. The predicted molar refractivity (Wildman–Crippen MR) is 66.7 cm³/mol. The Morgan fingerprint density at radius 3 is 1.85 bits per heavy atom. The number of fused-ring (bicyclic) bond motifs is 2. The van der Waals surface area contributed by atoms with Gasteiger partial charge in [-0.15, -0.1) is 0 Å². The molecule has 4 nitrogen and oxygen atoms in total. The fourth-order valence-electron chi connectivity index (χ4n) is 2.23. The first-order valence-electron chi connectivity index (χ1n) is 5.65. The van der Waals surface area contributed by atoms with Gasteiger partial charge in [-0.3, -0.25) is 9.59 Å². The van der Waals surface area contributed by atoms with Gasteiger partial charge in [0.15, 0.2) is 11.6 Å². The van der Waals surface area contributed by atoms with E-state index in [1.165, 1.54) is 18.2 Å². The molecule has 1 radical (unpaired) electrons. The van der Waals surface area contributed by atoms with E-state index < -0.39 is 5.97 Å². The molecule has 0 aliphatic heterocycles. The second kappa shape index (κ2) is 5.03. The van der Waals surface area contributed by atoms with Crippen LogP contribution in [0.25, 0.3) is 0 Å². The molecule has 0 aromatic heterocycles. The second-order valence-corrected chi connectivity index (χ2v) is 4.27. The van der Waals surface area contributed by atoms with Gasteiger partial charge in [0.25, 0.3) is 0 Å². The third kappa shape index (κ3) is 1.97. The van der Waals surface area contributed by atoms with Crippen LogP contribution in [-0.4, -0.2) is 22.6 Å². The number of carbonyl (C=O) groups is 3. The van der Waals surface area contributed by atoms with E-state index in [1.807, 2.05) is 0 Å². The van der Waals surface area contributed by atoms with Crippen LogP contribution in [0.1, 0.15) is 42.2 Å². The summed E-state index contributed by atoms with van der Waals surface area (Å²) < 4.78 is 0. The van der Waals surface area contributed by atoms with Crippen molar-refractivity contribution in [3.8, 4) is 0 Å². The summed E-state index contributed by atoms with van der Waals surface area (Å²) in [5, 5.41) is 8.94. The van der Waals surface area contributed by atoms with Gasteiger partial charge < -0.3 is 5.11 Å². The van der Waals surface area contributed by atoms with Crippen molar-refractivity contribution in [2.24, 2.45) is 0 Å². The third-order valence-corrected chi connectivity index (χ3v) is 3.17. The van der Waals surface area contributed by atoms with Gasteiger partial charge in [-0.2, -0.15) is 0 Å². The van der Waals surface area contributed by atoms with Crippen molar-refractivity contribution in [1.82, 2.24) is 0 Å². The molecular formula is C15H8CoO4. The molecule has 1 aliphatic carbocycles. The predicted octanol–water partition coefficient (Wildman–Crippen LogP) is 2.16. The minimum absolute atomic E-state index is 0. The van der Waals surface area contributed by atoms with Crippen LogP contribution in [0.4, 0.5) is 0 Å². The van der Waals surface area contributed by atoms with Crippen molar-refractivity contribution in [1.29, 1.82) is 0 Å². The maximum Gasteiger partial charge on any atom is 0.335 e. The molecule has 0 saturated heterocycles. The number of carbonyl (C=O) groups excluding carboxylic acids is 2. The maximum absolute atomic E-state index is 12.3. The molecule has 2 aromatic carbocycles. The van der Waals surface area contributed by atoms with Gasteiger partial charge in [0.05, 0.1) is 5.56 Å². The summed E-state index contributed by atoms with van der Waals surface area (Å²) in [6.45, 7) is 0. The van der Waals surface area contributed by atoms with E-state index in [2.05, 4.69) is 0 Å². The zero-order chi connectivity index (χ0) is 13.6. The van der Waals surface area contributed by atoms with Crippen LogP contribution < -0.4 is 0 Å². The Labute approximate surface area is 124 Å². The Morgan fingerprint density at radius 2 is 1.30 bits per heavy atom. The van der Waals surface area contributed by atoms with E-state index in [1.54, 1.807) is 24.3 Å². The molecule has 1 aliphatic rings. The SMILES string of the molecule is O=C(O)c1ccc2c(c1)C(=O)c1ccccc1C2=O.[Co]. The van der Waals surface area contributed by atoms with Gasteiger partial charge >= 0.3 is 5.97 Å². The van der Waals surface area contributed by atoms with Crippen LogP contribution in [0.15, 0.2) is 42.5 Å². The monoisotopic (exact) mass is 311 g/mol. The summed E-state index contributed by atoms with van der Waals surface area (Å²) in [6.07, 6.45) is 0. The Morgan fingerprint density at radius 1 is 0.800 bits per heavy atom. The van der Waals surface area contributed by atoms with E-state index in [0.717, 1.165) is 0 Å². The molecule has 0 amide bonds. The second-order valence-electron chi connectivity index (χ2n) is 4.27. The number of aromatic carboxylic acids is 1. The summed E-state index contributed by atoms with van der Waals surface area (Å²) in [7, 11) is 0. The molecule has 2 aromatic rings. The van der Waals surface area contributed by atoms with Gasteiger partial charge in [0, 0.05) is 39.0 Å². The molecule has 0 saturated carbocycles. The fraction of sp³-hybridized carbons (Fsp3) is 0. The average molecular weight is 311 g/mol. The quantitative estimate of drug-likeness (QED) is 0.747. The van der Waals surface area contributed by atoms with Crippen LogP contribution in [-0.2, 0) is 16.8 Å². The summed E-state index contributed by atoms with van der Waals surface area (Å²) in [5.74, 6) is -1.68. The van der Waals surface area contributed by atoms with Gasteiger partial charge in [-0.1, -0.05) is 24.3 Å². The molecule has 1 N–H and O–H groups in total. The Balaban J connectivity index is 0.00000147. The van der Waals surface area contributed by atoms with Gasteiger partial charge in [0.1, 0.15) is 0 Å². The van der Waals surface area contributed by atoms with Crippen LogP contribution >= 0.6 is 0 Å². The number of hydrogen-bond acceptors (Lipinski definition) is 3. The van der Waals surface area contributed by atoms with Crippen LogP contribution in [0, 0.1) is 0 Å². The molecule has 0 fully saturated rings. The zero-order valence-corrected chi connectivity index (χ0v) is 11.1. The summed E-state index contributed by atoms with van der Waals surface area (Å²) >= 11 is 0. The third-order valence-electron chi connectivity index (χ3n) is 3.17. The molecule has 3 rings (SSSR count). The van der Waals surface area contributed by atoms with E-state index in [0.29, 0.717) is 11.1 Å². The van der Waals surface area contributed by atoms with Crippen molar-refractivity contribution in [3.05, 3.63) is 70.3 Å². The number of carboxylic acid groups (broad SMARTS) is 1. The minimum atomic E-state index is -1.12. The van der Waals surface area contributed by atoms with Gasteiger partial charge in [-0.25, -0.2) is 4.79 Å². The Kier molecular flexibility index (Phi) is 3.56. The van der Waals surface area contributed by atoms with Crippen LogP contribution in [0.2, 0.25) is 0 Å². The molecule has 5 heteroatoms. The van der Waals surface area contributed by atoms with Crippen molar-refractivity contribution in [3.63, 3.8) is 0 Å². The van der Waals surface area contributed by atoms with Crippen molar-refractivity contribution in [2.75, 3.05) is 0 Å². The molecule has 0 unspecified atom stereocenters. The number of rotatable bonds is 1. The topological polar surface area (TPSA) is 71.4 Å². The van der Waals surface area contributed by atoms with Crippen molar-refractivity contribution >= 4 is 17.5 Å². The largest absolute Gasteiger partial charge is 0.478 e. The first-order valence-corrected chi connectivity index (χ1v) is 5.65. The Bertz CT molecular complexity index is 749. The standard InChI is InChI=1S/C15H8O4.Co/c16-13-9-3-1-2-4-10(9)14(17)12-7-8(15(18)19)5-6-11(12)13;/h1-7H,(H,18,19);. The van der Waals surface area contributed by atoms with Crippen LogP contribution in [0.3, 0.4) is 0 Å². The number of benzene rings is 2. The van der Waals surface area contributed by atoms with Gasteiger partial charge in [-0.05, 0) is 18.2 Å². The minimum Gasteiger partial charge on any atom is -0.478 e. The average Bonchev–Trinajstić information content (AvgIpc) is 2.44. The number of carboxylic acids is 1. The smallest absolute Gasteiger partial charge is 0.335 e. The fourth-order valence-corrected chi connectivity index (χ4v) is 2.23. The van der Waals surface area contributed by atoms with E-state index >= 15 is 0 Å². The molecule has 0 atom stereocenters. The first-order chi connectivity index (χ1) is 9.09. The number of ketones is 2. The summed E-state index contributed by atoms with van der Waals surface area (Å²) in [6, 6.07) is 10.5. The van der Waals surface area contributed by atoms with Crippen molar-refractivity contribution < 1.29 is 36.3 Å². The molecule has 0 heterocycles. The summed E-state index contributed by atoms with van der Waals surface area (Å²) in [4.78, 5) is 35.4. The normalized spacial score (nSPS) is 12.2. The number of hydrogen-bond donors (Lipinski definition) is 1. The van der Waals surface area contributed by atoms with E-state index in [9.17, 15) is 14.4 Å².